The van der Waals surface area contributed by atoms with Gasteiger partial charge in [-0.15, -0.1) is 0 Å². The second kappa shape index (κ2) is 8.29. The SMILES string of the molecule is Cc1nn(CC(=O)OCC(=O)N[C@@H]2CCC[C@@H](C)[C@@H]2C)c(C)c1[N+](=O)[O-]. The Bertz CT molecular complexity index is 700. The van der Waals surface area contributed by atoms with E-state index in [1.807, 2.05) is 0 Å². The van der Waals surface area contributed by atoms with Crippen LogP contribution in [0.5, 0.6) is 0 Å². The number of carbonyl (C=O) groups is 2. The van der Waals surface area contributed by atoms with Crippen molar-refractivity contribution in [1.29, 1.82) is 0 Å². The fourth-order valence-electron chi connectivity index (χ4n) is 3.45. The largest absolute Gasteiger partial charge is 0.454 e. The average Bonchev–Trinajstić information content (AvgIpc) is 2.83. The summed E-state index contributed by atoms with van der Waals surface area (Å²) in [6, 6.07) is 0.101. The number of nitrogens with zero attached hydrogens (tertiary/aromatic N) is 3. The zero-order valence-corrected chi connectivity index (χ0v) is 15.7. The molecule has 0 bridgehead atoms. The number of hydrogen-bond donors (Lipinski definition) is 1. The van der Waals surface area contributed by atoms with Crippen LogP contribution in [0.3, 0.4) is 0 Å². The van der Waals surface area contributed by atoms with Crippen molar-refractivity contribution in [3.63, 3.8) is 0 Å². The van der Waals surface area contributed by atoms with Crippen LogP contribution in [0.4, 0.5) is 5.69 Å². The van der Waals surface area contributed by atoms with Crippen LogP contribution in [-0.4, -0.2) is 39.2 Å². The second-order valence-electron chi connectivity index (χ2n) is 7.04. The van der Waals surface area contributed by atoms with Crippen LogP contribution >= 0.6 is 0 Å². The number of ether oxygens (including phenoxy) is 1. The van der Waals surface area contributed by atoms with Crippen molar-refractivity contribution in [1.82, 2.24) is 15.1 Å². The molecule has 26 heavy (non-hydrogen) atoms. The predicted octanol–water partition coefficient (Wildman–Crippen LogP) is 1.89. The van der Waals surface area contributed by atoms with Crippen LogP contribution in [0.2, 0.25) is 0 Å². The van der Waals surface area contributed by atoms with Gasteiger partial charge in [-0.05, 0) is 32.1 Å². The van der Waals surface area contributed by atoms with Gasteiger partial charge in [0, 0.05) is 6.04 Å². The Morgan fingerprint density at radius 1 is 1.35 bits per heavy atom. The van der Waals surface area contributed by atoms with Crippen molar-refractivity contribution >= 4 is 17.6 Å². The number of rotatable bonds is 6. The summed E-state index contributed by atoms with van der Waals surface area (Å²) >= 11 is 0. The Morgan fingerprint density at radius 3 is 2.65 bits per heavy atom. The van der Waals surface area contributed by atoms with Gasteiger partial charge < -0.3 is 10.1 Å². The predicted molar refractivity (Wildman–Crippen MR) is 93.4 cm³/mol. The van der Waals surface area contributed by atoms with Gasteiger partial charge in [0.15, 0.2) is 6.61 Å². The highest BCUT2D eigenvalue weighted by Crippen LogP contribution is 2.29. The summed E-state index contributed by atoms with van der Waals surface area (Å²) in [6.45, 7) is 6.69. The Hall–Kier alpha value is -2.45. The van der Waals surface area contributed by atoms with E-state index in [4.69, 9.17) is 4.74 Å². The number of aromatic nitrogens is 2. The molecule has 1 N–H and O–H groups in total. The molecule has 1 aliphatic rings. The number of amides is 1. The van der Waals surface area contributed by atoms with E-state index in [9.17, 15) is 19.7 Å². The van der Waals surface area contributed by atoms with E-state index >= 15 is 0 Å². The van der Waals surface area contributed by atoms with Gasteiger partial charge in [0.25, 0.3) is 5.91 Å². The lowest BCUT2D eigenvalue weighted by Gasteiger charge is -2.34. The average molecular weight is 366 g/mol. The Balaban J connectivity index is 1.84. The fourth-order valence-corrected chi connectivity index (χ4v) is 3.45. The highest BCUT2D eigenvalue weighted by Gasteiger charge is 2.28. The van der Waals surface area contributed by atoms with Crippen molar-refractivity contribution in [2.45, 2.75) is 59.5 Å². The number of aryl methyl sites for hydroxylation is 1. The molecule has 0 spiro atoms. The summed E-state index contributed by atoms with van der Waals surface area (Å²) in [5, 5.41) is 17.9. The van der Waals surface area contributed by atoms with E-state index in [2.05, 4.69) is 24.3 Å². The monoisotopic (exact) mass is 366 g/mol. The summed E-state index contributed by atoms with van der Waals surface area (Å²) in [6.07, 6.45) is 3.17. The number of nitro groups is 1. The van der Waals surface area contributed by atoms with Gasteiger partial charge in [0.05, 0.1) is 4.92 Å². The zero-order valence-electron chi connectivity index (χ0n) is 15.7. The van der Waals surface area contributed by atoms with Crippen molar-refractivity contribution < 1.29 is 19.2 Å². The van der Waals surface area contributed by atoms with Gasteiger partial charge >= 0.3 is 11.7 Å². The summed E-state index contributed by atoms with van der Waals surface area (Å²) in [4.78, 5) is 34.4. The van der Waals surface area contributed by atoms with Crippen molar-refractivity contribution in [2.24, 2.45) is 11.8 Å². The number of nitrogens with one attached hydrogen (secondary N) is 1. The Morgan fingerprint density at radius 2 is 2.04 bits per heavy atom. The smallest absolute Gasteiger partial charge is 0.328 e. The molecule has 1 amide bonds. The molecule has 1 aliphatic carbocycles. The number of carbonyl (C=O) groups excluding carboxylic acids is 2. The van der Waals surface area contributed by atoms with Crippen molar-refractivity contribution in [3.8, 4) is 0 Å². The first-order chi connectivity index (χ1) is 12.2. The first-order valence-electron chi connectivity index (χ1n) is 8.84. The van der Waals surface area contributed by atoms with Crippen LogP contribution < -0.4 is 5.32 Å². The maximum atomic E-state index is 12.0. The fraction of sp³-hybridized carbons (Fsp3) is 0.706. The highest BCUT2D eigenvalue weighted by atomic mass is 16.6. The minimum Gasteiger partial charge on any atom is -0.454 e. The minimum atomic E-state index is -0.661. The first kappa shape index (κ1) is 19.9. The third kappa shape index (κ3) is 4.59. The molecule has 144 valence electrons. The summed E-state index contributed by atoms with van der Waals surface area (Å²) in [5.74, 6) is -0.0496. The van der Waals surface area contributed by atoms with Crippen molar-refractivity contribution in [3.05, 3.63) is 21.5 Å². The van der Waals surface area contributed by atoms with Gasteiger partial charge in [-0.3, -0.25) is 24.4 Å². The topological polar surface area (TPSA) is 116 Å². The molecule has 1 saturated carbocycles. The maximum Gasteiger partial charge on any atom is 0.328 e. The molecule has 1 aromatic rings. The molecular formula is C17H26N4O5. The number of hydrogen-bond acceptors (Lipinski definition) is 6. The summed E-state index contributed by atoms with van der Waals surface area (Å²) in [7, 11) is 0. The van der Waals surface area contributed by atoms with E-state index in [1.165, 1.54) is 18.5 Å². The lowest BCUT2D eigenvalue weighted by atomic mass is 9.78. The molecule has 0 unspecified atom stereocenters. The molecule has 0 saturated heterocycles. The molecule has 1 heterocycles. The molecule has 3 atom stereocenters. The van der Waals surface area contributed by atoms with Crippen LogP contribution in [0.25, 0.3) is 0 Å². The lowest BCUT2D eigenvalue weighted by molar-refractivity contribution is -0.386. The quantitative estimate of drug-likeness (QED) is 0.467. The highest BCUT2D eigenvalue weighted by molar-refractivity contribution is 5.80. The molecule has 0 radical (unpaired) electrons. The van der Waals surface area contributed by atoms with E-state index in [-0.39, 0.29) is 42.2 Å². The second-order valence-corrected chi connectivity index (χ2v) is 7.04. The van der Waals surface area contributed by atoms with Crippen LogP contribution in [0, 0.1) is 35.8 Å². The van der Waals surface area contributed by atoms with Gasteiger partial charge in [0.2, 0.25) is 0 Å². The molecular weight excluding hydrogens is 340 g/mol. The van der Waals surface area contributed by atoms with Crippen LogP contribution in [0.1, 0.15) is 44.5 Å². The van der Waals surface area contributed by atoms with Gasteiger partial charge in [-0.25, -0.2) is 0 Å². The molecule has 1 fully saturated rings. The first-order valence-corrected chi connectivity index (χ1v) is 8.84. The minimum absolute atomic E-state index is 0.101. The summed E-state index contributed by atoms with van der Waals surface area (Å²) in [5.41, 5.74) is 0.397. The van der Waals surface area contributed by atoms with Gasteiger partial charge in [-0.2, -0.15) is 5.10 Å². The molecule has 2 rings (SSSR count). The number of esters is 1. The third-order valence-corrected chi connectivity index (χ3v) is 5.22. The maximum absolute atomic E-state index is 12.0. The molecule has 0 aromatic carbocycles. The Kier molecular flexibility index (Phi) is 6.33. The van der Waals surface area contributed by atoms with Crippen LogP contribution in [0.15, 0.2) is 0 Å². The molecule has 9 heteroatoms. The normalized spacial score (nSPS) is 22.7. The van der Waals surface area contributed by atoms with Crippen LogP contribution in [-0.2, 0) is 20.9 Å². The van der Waals surface area contributed by atoms with E-state index in [0.717, 1.165) is 19.3 Å². The zero-order chi connectivity index (χ0) is 19.4. The van der Waals surface area contributed by atoms with Gasteiger partial charge in [0.1, 0.15) is 17.9 Å². The third-order valence-electron chi connectivity index (χ3n) is 5.22. The van der Waals surface area contributed by atoms with Gasteiger partial charge in [-0.1, -0.05) is 26.7 Å². The standard InChI is InChI=1S/C17H26N4O5/c1-10-6-5-7-14(11(10)2)18-15(22)9-26-16(23)8-20-13(4)17(21(24)25)12(3)19-20/h10-11,14H,5-9H2,1-4H3,(H,18,22)/t10-,11+,14-/m1/s1. The Labute approximate surface area is 152 Å². The molecule has 0 aliphatic heterocycles. The van der Waals surface area contributed by atoms with E-state index in [1.54, 1.807) is 0 Å². The van der Waals surface area contributed by atoms with Crippen molar-refractivity contribution in [2.75, 3.05) is 6.61 Å². The van der Waals surface area contributed by atoms with E-state index < -0.39 is 10.9 Å². The van der Waals surface area contributed by atoms with E-state index in [0.29, 0.717) is 11.8 Å². The lowest BCUT2D eigenvalue weighted by Crippen LogP contribution is -2.45. The molecule has 9 nitrogen and oxygen atoms in total. The summed E-state index contributed by atoms with van der Waals surface area (Å²) < 4.78 is 6.22. The molecule has 1 aromatic heterocycles.